The molecule has 0 N–H and O–H groups in total. The predicted molar refractivity (Wildman–Crippen MR) is 57.2 cm³/mol. The lowest BCUT2D eigenvalue weighted by Crippen LogP contribution is -1.79. The molecule has 0 saturated heterocycles. The van der Waals surface area contributed by atoms with E-state index in [9.17, 15) is 0 Å². The van der Waals surface area contributed by atoms with Gasteiger partial charge in [-0.2, -0.15) is 10.2 Å². The molecule has 0 amide bonds. The molecule has 0 aromatic carbocycles. The molecule has 2 aromatic rings. The van der Waals surface area contributed by atoms with Gasteiger partial charge in [0, 0.05) is 35.0 Å². The van der Waals surface area contributed by atoms with E-state index in [4.69, 9.17) is 9.68 Å². The Hall–Kier alpha value is -1.42. The van der Waals surface area contributed by atoms with Crippen molar-refractivity contribution in [2.75, 3.05) is 0 Å². The van der Waals surface area contributed by atoms with Crippen molar-refractivity contribution in [2.24, 2.45) is 0 Å². The molecule has 0 spiro atoms. The molecular weight excluding hydrogens is 293 g/mol. The summed E-state index contributed by atoms with van der Waals surface area (Å²) in [4.78, 5) is 7.96. The van der Waals surface area contributed by atoms with Gasteiger partial charge in [-0.15, -0.1) is 0 Å². The third-order valence-corrected chi connectivity index (χ3v) is 2.33. The summed E-state index contributed by atoms with van der Waals surface area (Å²) in [5.41, 5.74) is 1.08. The normalized spacial score (nSPS) is 9.71. The summed E-state index contributed by atoms with van der Waals surface area (Å²) in [6, 6.07) is 5.57. The molecule has 4 nitrogen and oxygen atoms in total. The molecule has 2 heterocycles. The van der Waals surface area contributed by atoms with Gasteiger partial charge in [-0.3, -0.25) is 4.98 Å². The molecule has 0 aliphatic rings. The highest BCUT2D eigenvalue weighted by molar-refractivity contribution is 14.1. The Morgan fingerprint density at radius 2 is 2.36 bits per heavy atom. The Labute approximate surface area is 93.7 Å². The quantitative estimate of drug-likeness (QED) is 0.757. The number of hydrogen-bond acceptors (Lipinski definition) is 4. The van der Waals surface area contributed by atoms with Crippen LogP contribution in [-0.4, -0.2) is 9.97 Å². The van der Waals surface area contributed by atoms with Crippen LogP contribution in [0.2, 0.25) is 0 Å². The highest BCUT2D eigenvalue weighted by Crippen LogP contribution is 2.21. The lowest BCUT2D eigenvalue weighted by Gasteiger charge is -1.90. The molecule has 0 aliphatic heterocycles. The molecule has 0 atom stereocenters. The molecule has 0 saturated carbocycles. The Balaban J connectivity index is 2.50. The Morgan fingerprint density at radius 3 is 2.93 bits per heavy atom. The fourth-order valence-electron chi connectivity index (χ4n) is 0.983. The topological polar surface area (TPSA) is 62.7 Å². The largest absolute Gasteiger partial charge is 0.429 e. The van der Waals surface area contributed by atoms with Crippen molar-refractivity contribution in [3.05, 3.63) is 34.0 Å². The van der Waals surface area contributed by atoms with Gasteiger partial charge in [-0.05, 0) is 12.1 Å². The maximum atomic E-state index is 8.69. The molecule has 68 valence electrons. The van der Waals surface area contributed by atoms with Crippen molar-refractivity contribution < 1.29 is 4.42 Å². The van der Waals surface area contributed by atoms with Crippen LogP contribution < -0.4 is 0 Å². The molecule has 0 fully saturated rings. The minimum absolute atomic E-state index is 0.310. The molecule has 0 radical (unpaired) electrons. The van der Waals surface area contributed by atoms with Crippen molar-refractivity contribution in [3.8, 4) is 17.5 Å². The summed E-state index contributed by atoms with van der Waals surface area (Å²) in [6.07, 6.45) is 3.31. The van der Waals surface area contributed by atoms with Gasteiger partial charge in [0.25, 0.3) is 0 Å². The van der Waals surface area contributed by atoms with E-state index in [0.29, 0.717) is 15.4 Å². The summed E-state index contributed by atoms with van der Waals surface area (Å²) in [5.74, 6) is 0.430. The smallest absolute Gasteiger partial charge is 0.230 e. The van der Waals surface area contributed by atoms with E-state index in [1.165, 1.54) is 0 Å². The third kappa shape index (κ3) is 1.61. The van der Waals surface area contributed by atoms with Crippen molar-refractivity contribution >= 4 is 22.6 Å². The minimum atomic E-state index is 0.310. The molecule has 5 heteroatoms. The number of hydrogen-bond donors (Lipinski definition) is 0. The summed E-state index contributed by atoms with van der Waals surface area (Å²) in [7, 11) is 0. The first-order chi connectivity index (χ1) is 6.81. The lowest BCUT2D eigenvalue weighted by atomic mass is 10.3. The molecule has 2 aromatic heterocycles. The van der Waals surface area contributed by atoms with E-state index in [2.05, 4.69) is 9.97 Å². The fraction of sp³-hybridized carbons (Fsp3) is 0. The van der Waals surface area contributed by atoms with Crippen LogP contribution in [0.25, 0.3) is 11.5 Å². The van der Waals surface area contributed by atoms with E-state index < -0.39 is 0 Å². The second-order valence-corrected chi connectivity index (χ2v) is 3.47. The van der Waals surface area contributed by atoms with Crippen LogP contribution in [0.4, 0.5) is 0 Å². The monoisotopic (exact) mass is 297 g/mol. The summed E-state index contributed by atoms with van der Waals surface area (Å²) >= 11 is 1.94. The lowest BCUT2D eigenvalue weighted by molar-refractivity contribution is 0.545. The zero-order valence-corrected chi connectivity index (χ0v) is 9.09. The third-order valence-electron chi connectivity index (χ3n) is 1.60. The molecule has 0 unspecified atom stereocenters. The van der Waals surface area contributed by atoms with Crippen LogP contribution in [-0.2, 0) is 0 Å². The van der Waals surface area contributed by atoms with Gasteiger partial charge >= 0.3 is 0 Å². The van der Waals surface area contributed by atoms with Crippen LogP contribution in [0.3, 0.4) is 0 Å². The first-order valence-electron chi connectivity index (χ1n) is 3.78. The molecule has 0 bridgehead atoms. The highest BCUT2D eigenvalue weighted by Gasteiger charge is 2.11. The number of nitriles is 1. The van der Waals surface area contributed by atoms with Gasteiger partial charge in [0.2, 0.25) is 9.66 Å². The minimum Gasteiger partial charge on any atom is -0.429 e. The second-order valence-electron chi connectivity index (χ2n) is 2.49. The zero-order chi connectivity index (χ0) is 9.97. The van der Waals surface area contributed by atoms with Crippen LogP contribution in [0, 0.1) is 15.1 Å². The van der Waals surface area contributed by atoms with E-state index in [1.54, 1.807) is 18.5 Å². The average molecular weight is 297 g/mol. The van der Waals surface area contributed by atoms with Gasteiger partial charge in [0.15, 0.2) is 5.69 Å². The van der Waals surface area contributed by atoms with Crippen LogP contribution in [0.5, 0.6) is 0 Å². The van der Waals surface area contributed by atoms with Crippen molar-refractivity contribution in [2.45, 2.75) is 0 Å². The summed E-state index contributed by atoms with van der Waals surface area (Å²) < 4.78 is 5.81. The summed E-state index contributed by atoms with van der Waals surface area (Å²) in [5, 5.41) is 8.69. The van der Waals surface area contributed by atoms with Crippen LogP contribution in [0.15, 0.2) is 28.9 Å². The zero-order valence-electron chi connectivity index (χ0n) is 6.94. The maximum absolute atomic E-state index is 8.69. The van der Waals surface area contributed by atoms with E-state index in [-0.39, 0.29) is 0 Å². The molecule has 14 heavy (non-hydrogen) atoms. The van der Waals surface area contributed by atoms with Crippen LogP contribution in [0.1, 0.15) is 5.69 Å². The first kappa shape index (κ1) is 9.15. The number of pyridine rings is 1. The Bertz CT molecular complexity index is 487. The van der Waals surface area contributed by atoms with E-state index >= 15 is 0 Å². The van der Waals surface area contributed by atoms with Gasteiger partial charge < -0.3 is 4.42 Å². The molecule has 0 aliphatic carbocycles. The second kappa shape index (κ2) is 3.75. The SMILES string of the molecule is N#Cc1nc(-c2cccnc2)oc1I. The number of oxazole rings is 1. The van der Waals surface area contributed by atoms with E-state index in [1.807, 2.05) is 34.7 Å². The number of rotatable bonds is 1. The van der Waals surface area contributed by atoms with Gasteiger partial charge in [-0.25, -0.2) is 0 Å². The van der Waals surface area contributed by atoms with Gasteiger partial charge in [0.1, 0.15) is 6.07 Å². The number of aromatic nitrogens is 2. The fourth-order valence-corrected chi connectivity index (χ4v) is 1.43. The van der Waals surface area contributed by atoms with Gasteiger partial charge in [0.05, 0.1) is 5.56 Å². The van der Waals surface area contributed by atoms with Crippen molar-refractivity contribution in [1.29, 1.82) is 5.26 Å². The first-order valence-corrected chi connectivity index (χ1v) is 4.86. The van der Waals surface area contributed by atoms with Gasteiger partial charge in [-0.1, -0.05) is 0 Å². The Morgan fingerprint density at radius 1 is 1.50 bits per heavy atom. The predicted octanol–water partition coefficient (Wildman–Crippen LogP) is 2.21. The average Bonchev–Trinajstić information content (AvgIpc) is 2.61. The molecular formula is C9H4IN3O. The maximum Gasteiger partial charge on any atom is 0.230 e. The van der Waals surface area contributed by atoms with Crippen molar-refractivity contribution in [3.63, 3.8) is 0 Å². The standard InChI is InChI=1S/C9H4IN3O/c10-8-7(4-11)13-9(14-8)6-2-1-3-12-5-6/h1-3,5H. The number of nitrogens with zero attached hydrogens (tertiary/aromatic N) is 3. The van der Waals surface area contributed by atoms with Crippen LogP contribution >= 0.6 is 22.6 Å². The van der Waals surface area contributed by atoms with E-state index in [0.717, 1.165) is 5.56 Å². The summed E-state index contributed by atoms with van der Waals surface area (Å²) in [6.45, 7) is 0. The highest BCUT2D eigenvalue weighted by atomic mass is 127. The van der Waals surface area contributed by atoms with Crippen molar-refractivity contribution in [1.82, 2.24) is 9.97 Å². The molecule has 2 rings (SSSR count). The number of halogens is 1. The Kier molecular flexibility index (Phi) is 2.45.